The molecule has 0 aromatic carbocycles. The Labute approximate surface area is 94.2 Å². The van der Waals surface area contributed by atoms with Crippen LogP contribution in [-0.4, -0.2) is 23.8 Å². The Morgan fingerprint density at radius 1 is 1.69 bits per heavy atom. The molecule has 0 radical (unpaired) electrons. The van der Waals surface area contributed by atoms with Crippen LogP contribution in [0.15, 0.2) is 5.10 Å². The second-order valence-electron chi connectivity index (χ2n) is 4.04. The minimum atomic E-state index is -0.687. The largest absolute Gasteiger partial charge is 0.462 e. The third kappa shape index (κ3) is 3.88. The fraction of sp³-hybridized carbons (Fsp3) is 0.700. The van der Waals surface area contributed by atoms with Crippen LogP contribution in [0.1, 0.15) is 33.1 Å². The van der Waals surface area contributed by atoms with E-state index in [1.54, 1.807) is 6.92 Å². The first-order chi connectivity index (χ1) is 7.49. The van der Waals surface area contributed by atoms with Gasteiger partial charge in [-0.15, -0.1) is 0 Å². The molecule has 16 heavy (non-hydrogen) atoms. The van der Waals surface area contributed by atoms with Gasteiger partial charge >= 0.3 is 12.0 Å². The van der Waals surface area contributed by atoms with Crippen LogP contribution in [-0.2, 0) is 9.53 Å². The van der Waals surface area contributed by atoms with Gasteiger partial charge in [0.2, 0.25) is 0 Å². The van der Waals surface area contributed by atoms with Crippen molar-refractivity contribution >= 4 is 17.7 Å². The number of carbonyl (C=O) groups excluding carboxylic acids is 2. The predicted molar refractivity (Wildman–Crippen MR) is 58.7 cm³/mol. The SMILES string of the molecule is C/C(CC[C@@H]1C[C@H](C)OC1=O)=N/NC(N)=O. The zero-order valence-corrected chi connectivity index (χ0v) is 9.53. The Hall–Kier alpha value is -1.59. The first-order valence-electron chi connectivity index (χ1n) is 5.28. The third-order valence-corrected chi connectivity index (χ3v) is 2.48. The van der Waals surface area contributed by atoms with Crippen LogP contribution < -0.4 is 11.2 Å². The molecular weight excluding hydrogens is 210 g/mol. The summed E-state index contributed by atoms with van der Waals surface area (Å²) in [6.45, 7) is 3.66. The lowest BCUT2D eigenvalue weighted by Gasteiger charge is -2.04. The van der Waals surface area contributed by atoms with E-state index in [1.165, 1.54) is 0 Å². The fourth-order valence-corrected chi connectivity index (χ4v) is 1.66. The lowest BCUT2D eigenvalue weighted by Crippen LogP contribution is -2.25. The van der Waals surface area contributed by atoms with E-state index < -0.39 is 6.03 Å². The summed E-state index contributed by atoms with van der Waals surface area (Å²) in [6, 6.07) is -0.687. The molecular formula is C10H17N3O3. The zero-order valence-electron chi connectivity index (χ0n) is 9.53. The van der Waals surface area contributed by atoms with Crippen LogP contribution >= 0.6 is 0 Å². The monoisotopic (exact) mass is 227 g/mol. The minimum Gasteiger partial charge on any atom is -0.462 e. The highest BCUT2D eigenvalue weighted by Gasteiger charge is 2.31. The van der Waals surface area contributed by atoms with Gasteiger partial charge in [-0.2, -0.15) is 5.10 Å². The molecule has 3 N–H and O–H groups in total. The molecule has 90 valence electrons. The number of amides is 2. The molecule has 6 heteroatoms. The van der Waals surface area contributed by atoms with E-state index in [9.17, 15) is 9.59 Å². The van der Waals surface area contributed by atoms with Crippen molar-refractivity contribution in [2.45, 2.75) is 39.2 Å². The van der Waals surface area contributed by atoms with E-state index >= 15 is 0 Å². The summed E-state index contributed by atoms with van der Waals surface area (Å²) in [5.74, 6) is -0.183. The van der Waals surface area contributed by atoms with Crippen molar-refractivity contribution in [1.82, 2.24) is 5.43 Å². The van der Waals surface area contributed by atoms with Gasteiger partial charge in [-0.25, -0.2) is 10.2 Å². The molecule has 2 atom stereocenters. The Morgan fingerprint density at radius 3 is 2.88 bits per heavy atom. The number of carbonyl (C=O) groups is 2. The van der Waals surface area contributed by atoms with Crippen molar-refractivity contribution in [1.29, 1.82) is 0 Å². The number of rotatable bonds is 4. The lowest BCUT2D eigenvalue weighted by atomic mass is 9.98. The van der Waals surface area contributed by atoms with Crippen LogP contribution in [0.4, 0.5) is 4.79 Å². The molecule has 0 saturated carbocycles. The number of hydrazone groups is 1. The lowest BCUT2D eigenvalue weighted by molar-refractivity contribution is -0.143. The first-order valence-corrected chi connectivity index (χ1v) is 5.28. The topological polar surface area (TPSA) is 93.8 Å². The van der Waals surface area contributed by atoms with Gasteiger partial charge in [0.1, 0.15) is 0 Å². The molecule has 1 aliphatic heterocycles. The minimum absolute atomic E-state index is 0.0125. The van der Waals surface area contributed by atoms with E-state index in [0.29, 0.717) is 12.8 Å². The summed E-state index contributed by atoms with van der Waals surface area (Å²) in [5.41, 5.74) is 7.76. The van der Waals surface area contributed by atoms with Gasteiger partial charge in [0, 0.05) is 5.71 Å². The van der Waals surface area contributed by atoms with Crippen LogP contribution in [0, 0.1) is 5.92 Å². The molecule has 0 spiro atoms. The molecule has 1 aliphatic rings. The Bertz CT molecular complexity index is 314. The molecule has 1 rings (SSSR count). The van der Waals surface area contributed by atoms with Crippen molar-refractivity contribution in [2.24, 2.45) is 16.8 Å². The van der Waals surface area contributed by atoms with E-state index in [1.807, 2.05) is 6.92 Å². The van der Waals surface area contributed by atoms with Crippen LogP contribution in [0.5, 0.6) is 0 Å². The number of nitrogens with two attached hydrogens (primary N) is 1. The molecule has 0 aliphatic carbocycles. The van der Waals surface area contributed by atoms with Gasteiger partial charge in [-0.05, 0) is 33.1 Å². The molecule has 0 aromatic heterocycles. The van der Waals surface area contributed by atoms with Crippen LogP contribution in [0.2, 0.25) is 0 Å². The number of primary amides is 1. The van der Waals surface area contributed by atoms with Crippen molar-refractivity contribution in [3.8, 4) is 0 Å². The molecule has 2 amide bonds. The third-order valence-electron chi connectivity index (χ3n) is 2.48. The molecule has 0 unspecified atom stereocenters. The predicted octanol–water partition coefficient (Wildman–Crippen LogP) is 0.762. The summed E-state index contributed by atoms with van der Waals surface area (Å²) in [6.07, 6.45) is 2.11. The van der Waals surface area contributed by atoms with E-state index in [4.69, 9.17) is 10.5 Å². The van der Waals surface area contributed by atoms with Crippen molar-refractivity contribution < 1.29 is 14.3 Å². The number of cyclic esters (lactones) is 1. The van der Waals surface area contributed by atoms with Gasteiger partial charge < -0.3 is 10.5 Å². The first kappa shape index (κ1) is 12.5. The molecule has 6 nitrogen and oxygen atoms in total. The van der Waals surface area contributed by atoms with E-state index in [2.05, 4.69) is 10.5 Å². The number of esters is 1. The normalized spacial score (nSPS) is 25.4. The number of ether oxygens (including phenoxy) is 1. The molecule has 1 saturated heterocycles. The summed E-state index contributed by atoms with van der Waals surface area (Å²) in [7, 11) is 0. The maximum atomic E-state index is 11.3. The van der Waals surface area contributed by atoms with Gasteiger partial charge in [0.15, 0.2) is 0 Å². The number of urea groups is 1. The Morgan fingerprint density at radius 2 is 2.38 bits per heavy atom. The zero-order chi connectivity index (χ0) is 12.1. The van der Waals surface area contributed by atoms with Gasteiger partial charge in [0.25, 0.3) is 0 Å². The van der Waals surface area contributed by atoms with Crippen LogP contribution in [0.3, 0.4) is 0 Å². The second kappa shape index (κ2) is 5.48. The van der Waals surface area contributed by atoms with Gasteiger partial charge in [0.05, 0.1) is 12.0 Å². The van der Waals surface area contributed by atoms with Crippen molar-refractivity contribution in [3.05, 3.63) is 0 Å². The standard InChI is InChI=1S/C10H17N3O3/c1-6(12-13-10(11)15)3-4-8-5-7(2)16-9(8)14/h7-8H,3-5H2,1-2H3,(H3,11,13,15)/b12-6-/t7-,8+/m0/s1. The van der Waals surface area contributed by atoms with Gasteiger partial charge in [-0.3, -0.25) is 4.79 Å². The number of hydrogen-bond acceptors (Lipinski definition) is 4. The quantitative estimate of drug-likeness (QED) is 0.422. The summed E-state index contributed by atoms with van der Waals surface area (Å²) < 4.78 is 5.04. The maximum absolute atomic E-state index is 11.3. The molecule has 0 aromatic rings. The highest BCUT2D eigenvalue weighted by Crippen LogP contribution is 2.24. The Balaban J connectivity index is 2.31. The highest BCUT2D eigenvalue weighted by atomic mass is 16.5. The number of nitrogens with one attached hydrogen (secondary N) is 1. The van der Waals surface area contributed by atoms with E-state index in [0.717, 1.165) is 12.1 Å². The van der Waals surface area contributed by atoms with Crippen molar-refractivity contribution in [3.63, 3.8) is 0 Å². The van der Waals surface area contributed by atoms with Gasteiger partial charge in [-0.1, -0.05) is 0 Å². The number of nitrogens with zero attached hydrogens (tertiary/aromatic N) is 1. The molecule has 0 bridgehead atoms. The summed E-state index contributed by atoms with van der Waals surface area (Å²) in [4.78, 5) is 21.7. The second-order valence-corrected chi connectivity index (χ2v) is 4.04. The average molecular weight is 227 g/mol. The fourth-order valence-electron chi connectivity index (χ4n) is 1.66. The molecule has 1 fully saturated rings. The van der Waals surface area contributed by atoms with Crippen molar-refractivity contribution in [2.75, 3.05) is 0 Å². The molecule has 1 heterocycles. The summed E-state index contributed by atoms with van der Waals surface area (Å²) in [5, 5.41) is 3.77. The highest BCUT2D eigenvalue weighted by molar-refractivity contribution is 5.84. The Kier molecular flexibility index (Phi) is 4.28. The van der Waals surface area contributed by atoms with E-state index in [-0.39, 0.29) is 18.0 Å². The smallest absolute Gasteiger partial charge is 0.332 e. The van der Waals surface area contributed by atoms with Crippen LogP contribution in [0.25, 0.3) is 0 Å². The summed E-state index contributed by atoms with van der Waals surface area (Å²) >= 11 is 0. The maximum Gasteiger partial charge on any atom is 0.332 e. The average Bonchev–Trinajstić information content (AvgIpc) is 2.51. The number of hydrogen-bond donors (Lipinski definition) is 2.